The van der Waals surface area contributed by atoms with E-state index in [1.54, 1.807) is 0 Å². The minimum Gasteiger partial charge on any atom is -0.309 e. The zero-order valence-electron chi connectivity index (χ0n) is 55.4. The Bertz CT molecular complexity index is 6630. The van der Waals surface area contributed by atoms with E-state index in [0.29, 0.717) is 0 Å². The first-order chi connectivity index (χ1) is 48.5. The van der Waals surface area contributed by atoms with Gasteiger partial charge in [-0.15, -0.1) is 0 Å². The first kappa shape index (κ1) is 57.7. The van der Waals surface area contributed by atoms with Gasteiger partial charge in [-0.3, -0.25) is 0 Å². The van der Waals surface area contributed by atoms with Crippen LogP contribution in [-0.4, -0.2) is 13.7 Å². The van der Waals surface area contributed by atoms with Crippen LogP contribution in [0.3, 0.4) is 0 Å². The Hall–Kier alpha value is -11.6. The standard InChI is InChI=1S/C47H32N2.C30H22.C18H12BrN/c1-47(2)40-27-39-44(28-37(40)36-23-20-30-13-7-9-17-34(30)46(36)47)49(43-24-21-29-12-6-8-16-33(29)45(39)43)32-22-25-42-38(26-32)35-18-10-11-19-41(35)48(42)31-14-4-3-5-15-31;1-30(2)27-17-25-21(15-20-12-11-18-7-3-5-9-22(18)28(20)25)16-26(27)24-14-13-19-8-4-6-10-23(19)29(24)30;19-13-10-11-18-16(12-13)15-8-4-5-9-17(15)20(18)14-6-2-1-3-7-14/h3-28H,1-2H3;3-14,16-17H,15H2,1-2H3;1-12H. The number of nitrogens with zero attached hydrogens (tertiary/aromatic N) is 3. The molecular weight excluding hydrogens is 1260 g/mol. The van der Waals surface area contributed by atoms with Crippen molar-refractivity contribution >= 4 is 124 Å². The van der Waals surface area contributed by atoms with Gasteiger partial charge in [0, 0.05) is 64.7 Å². The number of rotatable bonds is 3. The summed E-state index contributed by atoms with van der Waals surface area (Å²) in [5.41, 5.74) is 27.9. The molecule has 0 saturated carbocycles. The fourth-order valence-corrected chi connectivity index (χ4v) is 18.3. The van der Waals surface area contributed by atoms with Crippen LogP contribution in [0, 0.1) is 0 Å². The molecule has 16 aromatic carbocycles. The van der Waals surface area contributed by atoms with Crippen LogP contribution >= 0.6 is 15.9 Å². The highest BCUT2D eigenvalue weighted by molar-refractivity contribution is 9.10. The smallest absolute Gasteiger partial charge is 0.0547 e. The third kappa shape index (κ3) is 8.55. The second-order valence-electron chi connectivity index (χ2n) is 28.4. The van der Waals surface area contributed by atoms with Crippen molar-refractivity contribution in [1.82, 2.24) is 13.7 Å². The summed E-state index contributed by atoms with van der Waals surface area (Å²) in [5, 5.41) is 18.4. The van der Waals surface area contributed by atoms with Gasteiger partial charge in [0.1, 0.15) is 0 Å². The maximum absolute atomic E-state index is 3.57. The largest absolute Gasteiger partial charge is 0.309 e. The number of fused-ring (bicyclic) bond motifs is 26. The lowest BCUT2D eigenvalue weighted by Gasteiger charge is -2.24. The molecule has 3 nitrogen and oxygen atoms in total. The van der Waals surface area contributed by atoms with Gasteiger partial charge in [0.25, 0.3) is 0 Å². The van der Waals surface area contributed by atoms with E-state index in [0.717, 1.165) is 10.9 Å². The van der Waals surface area contributed by atoms with E-state index in [1.807, 2.05) is 6.07 Å². The second kappa shape index (κ2) is 21.7. The summed E-state index contributed by atoms with van der Waals surface area (Å²) in [6, 6.07) is 116. The second-order valence-corrected chi connectivity index (χ2v) is 29.3. The van der Waals surface area contributed by atoms with Gasteiger partial charge in [-0.05, 0) is 219 Å². The Morgan fingerprint density at radius 3 is 1.30 bits per heavy atom. The van der Waals surface area contributed by atoms with Gasteiger partial charge >= 0.3 is 0 Å². The molecule has 0 N–H and O–H groups in total. The number of aromatic nitrogens is 3. The Kier molecular flexibility index (Phi) is 12.7. The van der Waals surface area contributed by atoms with Crippen LogP contribution in [0.15, 0.2) is 320 Å². The molecule has 0 atom stereocenters. The van der Waals surface area contributed by atoms with Crippen molar-refractivity contribution in [2.75, 3.05) is 0 Å². The van der Waals surface area contributed by atoms with Crippen molar-refractivity contribution in [3.05, 3.63) is 353 Å². The highest BCUT2D eigenvalue weighted by atomic mass is 79.9. The predicted octanol–water partition coefficient (Wildman–Crippen LogP) is 25.9. The van der Waals surface area contributed by atoms with Crippen LogP contribution in [0.2, 0.25) is 0 Å². The van der Waals surface area contributed by atoms with E-state index in [2.05, 4.69) is 367 Å². The Morgan fingerprint density at radius 2 is 0.697 bits per heavy atom. The Morgan fingerprint density at radius 1 is 0.263 bits per heavy atom. The summed E-state index contributed by atoms with van der Waals surface area (Å²) in [4.78, 5) is 0. The van der Waals surface area contributed by atoms with Gasteiger partial charge in [0.15, 0.2) is 0 Å². The first-order valence-corrected chi connectivity index (χ1v) is 35.4. The molecule has 0 aliphatic heterocycles. The molecule has 468 valence electrons. The molecule has 4 heteroatoms. The fraction of sp³-hybridized carbons (Fsp3) is 0.0737. The van der Waals surface area contributed by atoms with Crippen LogP contribution in [0.25, 0.3) is 159 Å². The van der Waals surface area contributed by atoms with Crippen LogP contribution < -0.4 is 0 Å². The van der Waals surface area contributed by atoms with Crippen molar-refractivity contribution in [1.29, 1.82) is 0 Å². The number of para-hydroxylation sites is 4. The number of halogens is 1. The topological polar surface area (TPSA) is 14.8 Å². The van der Waals surface area contributed by atoms with Crippen molar-refractivity contribution in [3.63, 3.8) is 0 Å². The van der Waals surface area contributed by atoms with Gasteiger partial charge in [-0.2, -0.15) is 0 Å². The molecule has 0 unspecified atom stereocenters. The quantitative estimate of drug-likeness (QED) is 0.167. The third-order valence-electron chi connectivity index (χ3n) is 22.3. The normalized spacial score (nSPS) is 13.6. The van der Waals surface area contributed by atoms with E-state index in [1.165, 1.54) is 192 Å². The van der Waals surface area contributed by atoms with Crippen LogP contribution in [0.5, 0.6) is 0 Å². The lowest BCUT2D eigenvalue weighted by molar-refractivity contribution is 0.666. The number of hydrogen-bond acceptors (Lipinski definition) is 0. The zero-order valence-corrected chi connectivity index (χ0v) is 57.0. The molecule has 3 heterocycles. The van der Waals surface area contributed by atoms with E-state index in [-0.39, 0.29) is 10.8 Å². The summed E-state index contributed by atoms with van der Waals surface area (Å²) in [7, 11) is 0. The Balaban J connectivity index is 0.000000112. The van der Waals surface area contributed by atoms with Crippen LogP contribution in [0.4, 0.5) is 0 Å². The average molecular weight is 1330 g/mol. The maximum atomic E-state index is 3.57. The molecular formula is C95H66BrN3. The number of benzene rings is 16. The molecule has 0 spiro atoms. The molecule has 22 rings (SSSR count). The molecule has 3 aliphatic carbocycles. The van der Waals surface area contributed by atoms with E-state index >= 15 is 0 Å². The minimum atomic E-state index is -0.128. The van der Waals surface area contributed by atoms with Gasteiger partial charge in [-0.25, -0.2) is 0 Å². The lowest BCUT2D eigenvalue weighted by Crippen LogP contribution is -2.15. The zero-order chi connectivity index (χ0) is 66.0. The first-order valence-electron chi connectivity index (χ1n) is 34.6. The summed E-state index contributed by atoms with van der Waals surface area (Å²) in [6.07, 6.45) is 1.03. The minimum absolute atomic E-state index is 0.00605. The van der Waals surface area contributed by atoms with Gasteiger partial charge in [-0.1, -0.05) is 256 Å². The monoisotopic (exact) mass is 1330 g/mol. The summed E-state index contributed by atoms with van der Waals surface area (Å²) >= 11 is 3.57. The number of hydrogen-bond donors (Lipinski definition) is 0. The van der Waals surface area contributed by atoms with Crippen molar-refractivity contribution in [2.24, 2.45) is 0 Å². The SMILES string of the molecule is Brc1ccc2c(c1)c1ccccc1n2-c1ccccc1.CC1(C)c2cc3c(cc2-c2ccc4ccccc4c21)Cc1ccc2ccccc2c1-3.CC1(C)c2cc3c4c5ccccc5ccc4n(-c4ccc5c(c4)c4ccccc4n5-c4ccccc4)c3cc2-c2ccc3ccccc3c21. The van der Waals surface area contributed by atoms with Gasteiger partial charge in [0.2, 0.25) is 0 Å². The molecule has 0 bridgehead atoms. The van der Waals surface area contributed by atoms with Crippen LogP contribution in [-0.2, 0) is 17.3 Å². The fourth-order valence-electron chi connectivity index (χ4n) is 18.0. The molecule has 3 aromatic heterocycles. The van der Waals surface area contributed by atoms with Crippen LogP contribution in [0.1, 0.15) is 61.1 Å². The molecule has 0 amide bonds. The average Bonchev–Trinajstić information content (AvgIpc) is 1.53. The summed E-state index contributed by atoms with van der Waals surface area (Å²) < 4.78 is 8.33. The predicted molar refractivity (Wildman–Crippen MR) is 423 cm³/mol. The molecule has 3 aliphatic rings. The molecule has 0 saturated heterocycles. The third-order valence-corrected chi connectivity index (χ3v) is 22.8. The maximum Gasteiger partial charge on any atom is 0.0547 e. The van der Waals surface area contributed by atoms with Gasteiger partial charge in [0.05, 0.1) is 33.1 Å². The molecule has 19 aromatic rings. The van der Waals surface area contributed by atoms with E-state index in [9.17, 15) is 0 Å². The Labute approximate surface area is 582 Å². The molecule has 99 heavy (non-hydrogen) atoms. The lowest BCUT2D eigenvalue weighted by atomic mass is 9.79. The van der Waals surface area contributed by atoms with Gasteiger partial charge < -0.3 is 13.7 Å². The highest BCUT2D eigenvalue weighted by Crippen LogP contribution is 2.57. The van der Waals surface area contributed by atoms with Crippen molar-refractivity contribution in [3.8, 4) is 50.4 Å². The molecule has 0 fully saturated rings. The van der Waals surface area contributed by atoms with E-state index in [4.69, 9.17) is 0 Å². The van der Waals surface area contributed by atoms with E-state index < -0.39 is 0 Å². The summed E-state index contributed by atoms with van der Waals surface area (Å²) in [5.74, 6) is 0. The van der Waals surface area contributed by atoms with Crippen molar-refractivity contribution in [2.45, 2.75) is 44.9 Å². The van der Waals surface area contributed by atoms with Crippen molar-refractivity contribution < 1.29 is 0 Å². The highest BCUT2D eigenvalue weighted by Gasteiger charge is 2.40. The molecule has 0 radical (unpaired) electrons. The summed E-state index contributed by atoms with van der Waals surface area (Å²) in [6.45, 7) is 9.61.